The maximum absolute atomic E-state index is 11.8. The van der Waals surface area contributed by atoms with Crippen LogP contribution < -0.4 is 5.32 Å². The highest BCUT2D eigenvalue weighted by Gasteiger charge is 2.38. The van der Waals surface area contributed by atoms with Gasteiger partial charge in [0.05, 0.1) is 6.54 Å². The second-order valence-electron chi connectivity index (χ2n) is 4.46. The fraction of sp³-hybridized carbons (Fsp3) is 0.600. The van der Waals surface area contributed by atoms with Gasteiger partial charge >= 0.3 is 12.0 Å². The number of urea groups is 1. The summed E-state index contributed by atoms with van der Waals surface area (Å²) in [5.74, 6) is -2.29. The molecule has 1 saturated heterocycles. The molecule has 0 saturated carbocycles. The molecule has 2 N–H and O–H groups in total. The molecule has 0 atom stereocenters. The Labute approximate surface area is 104 Å². The maximum Gasteiger partial charge on any atom is 0.329 e. The minimum atomic E-state index is -1.41. The van der Waals surface area contributed by atoms with Gasteiger partial charge in [0.2, 0.25) is 5.91 Å². The zero-order valence-corrected chi connectivity index (χ0v) is 10.4. The van der Waals surface area contributed by atoms with Crippen molar-refractivity contribution < 1.29 is 24.3 Å². The molecule has 1 heterocycles. The van der Waals surface area contributed by atoms with Crippen LogP contribution in [0.1, 0.15) is 13.8 Å². The number of carboxylic acids is 1. The summed E-state index contributed by atoms with van der Waals surface area (Å²) >= 11 is 0. The van der Waals surface area contributed by atoms with Gasteiger partial charge in [-0.3, -0.25) is 14.5 Å². The van der Waals surface area contributed by atoms with E-state index in [0.717, 1.165) is 9.80 Å². The van der Waals surface area contributed by atoms with Gasteiger partial charge in [0.1, 0.15) is 12.1 Å². The summed E-state index contributed by atoms with van der Waals surface area (Å²) in [5, 5.41) is 11.2. The number of likely N-dealkylation sites (N-methyl/N-ethyl adjacent to an activating group) is 1. The summed E-state index contributed by atoms with van der Waals surface area (Å²) < 4.78 is 0. The van der Waals surface area contributed by atoms with Gasteiger partial charge in [0.25, 0.3) is 5.91 Å². The first-order valence-corrected chi connectivity index (χ1v) is 5.26. The molecular weight excluding hydrogens is 242 g/mol. The second-order valence-corrected chi connectivity index (χ2v) is 4.46. The van der Waals surface area contributed by atoms with Crippen LogP contribution in [0.2, 0.25) is 0 Å². The average molecular weight is 257 g/mol. The van der Waals surface area contributed by atoms with E-state index in [1.54, 1.807) is 0 Å². The van der Waals surface area contributed by atoms with Gasteiger partial charge in [0.15, 0.2) is 0 Å². The minimum Gasteiger partial charge on any atom is -0.480 e. The number of nitrogens with zero attached hydrogens (tertiary/aromatic N) is 2. The molecule has 0 aromatic rings. The van der Waals surface area contributed by atoms with E-state index in [1.165, 1.54) is 20.9 Å². The molecule has 0 unspecified atom stereocenters. The van der Waals surface area contributed by atoms with E-state index in [2.05, 4.69) is 5.32 Å². The molecular formula is C10H15N3O5. The standard InChI is InChI=1S/C10H15N3O5/c1-10(2,8(16)17)12(3)7(15)5-13-6(14)4-11-9(13)18/h4-5H2,1-3H3,(H,11,18)(H,16,17). The molecule has 1 fully saturated rings. The molecule has 8 nitrogen and oxygen atoms in total. The summed E-state index contributed by atoms with van der Waals surface area (Å²) in [5.41, 5.74) is -1.41. The van der Waals surface area contributed by atoms with Crippen LogP contribution in [-0.2, 0) is 14.4 Å². The lowest BCUT2D eigenvalue weighted by molar-refractivity contribution is -0.155. The first-order valence-electron chi connectivity index (χ1n) is 5.26. The lowest BCUT2D eigenvalue weighted by Gasteiger charge is -2.32. The van der Waals surface area contributed by atoms with Crippen molar-refractivity contribution in [2.75, 3.05) is 20.1 Å². The molecule has 4 amide bonds. The number of carbonyl (C=O) groups excluding carboxylic acids is 3. The molecule has 0 spiro atoms. The monoisotopic (exact) mass is 257 g/mol. The summed E-state index contributed by atoms with van der Waals surface area (Å²) in [4.78, 5) is 47.1. The van der Waals surface area contributed by atoms with Crippen molar-refractivity contribution in [2.24, 2.45) is 0 Å². The van der Waals surface area contributed by atoms with E-state index in [-0.39, 0.29) is 6.54 Å². The van der Waals surface area contributed by atoms with Gasteiger partial charge in [-0.2, -0.15) is 0 Å². The molecule has 0 aliphatic carbocycles. The Morgan fingerprint density at radius 1 is 1.44 bits per heavy atom. The van der Waals surface area contributed by atoms with E-state index in [0.29, 0.717) is 0 Å². The van der Waals surface area contributed by atoms with E-state index in [1.807, 2.05) is 0 Å². The first kappa shape index (κ1) is 13.9. The first-order chi connectivity index (χ1) is 8.17. The van der Waals surface area contributed by atoms with Gasteiger partial charge < -0.3 is 15.3 Å². The van der Waals surface area contributed by atoms with E-state index in [4.69, 9.17) is 5.11 Å². The van der Waals surface area contributed by atoms with Gasteiger partial charge in [-0.05, 0) is 13.8 Å². The Kier molecular flexibility index (Phi) is 3.59. The SMILES string of the molecule is CN(C(=O)CN1C(=O)CNC1=O)C(C)(C)C(=O)O. The highest BCUT2D eigenvalue weighted by molar-refractivity contribution is 6.04. The highest BCUT2D eigenvalue weighted by atomic mass is 16.4. The predicted octanol–water partition coefficient (Wildman–Crippen LogP) is -1.14. The lowest BCUT2D eigenvalue weighted by Crippen LogP contribution is -2.54. The van der Waals surface area contributed by atoms with Crippen LogP contribution in [0.5, 0.6) is 0 Å². The summed E-state index contributed by atoms with van der Waals surface area (Å²) in [7, 11) is 1.31. The molecule has 0 aromatic heterocycles. The smallest absolute Gasteiger partial charge is 0.329 e. The molecule has 0 aromatic carbocycles. The molecule has 18 heavy (non-hydrogen) atoms. The molecule has 0 bridgehead atoms. The Bertz CT molecular complexity index is 402. The van der Waals surface area contributed by atoms with Gasteiger partial charge in [-0.1, -0.05) is 0 Å². The van der Waals surface area contributed by atoms with Crippen LogP contribution in [-0.4, -0.2) is 64.4 Å². The number of carboxylic acid groups (broad SMARTS) is 1. The third kappa shape index (κ3) is 2.41. The molecule has 1 aliphatic rings. The van der Waals surface area contributed by atoms with Crippen LogP contribution in [0.4, 0.5) is 4.79 Å². The van der Waals surface area contributed by atoms with Gasteiger partial charge in [0, 0.05) is 7.05 Å². The average Bonchev–Trinajstić information content (AvgIpc) is 2.59. The third-order valence-electron chi connectivity index (χ3n) is 2.97. The number of hydrogen-bond donors (Lipinski definition) is 2. The Morgan fingerprint density at radius 2 is 2.00 bits per heavy atom. The fourth-order valence-electron chi connectivity index (χ4n) is 1.31. The summed E-state index contributed by atoms with van der Waals surface area (Å²) in [6.07, 6.45) is 0. The van der Waals surface area contributed by atoms with E-state index >= 15 is 0 Å². The van der Waals surface area contributed by atoms with E-state index < -0.39 is 35.9 Å². The van der Waals surface area contributed by atoms with Crippen molar-refractivity contribution >= 4 is 23.8 Å². The van der Waals surface area contributed by atoms with Crippen molar-refractivity contribution in [1.29, 1.82) is 0 Å². The highest BCUT2D eigenvalue weighted by Crippen LogP contribution is 2.13. The number of aliphatic carboxylic acids is 1. The van der Waals surface area contributed by atoms with E-state index in [9.17, 15) is 19.2 Å². The summed E-state index contributed by atoms with van der Waals surface area (Å²) in [6, 6.07) is -0.644. The van der Waals surface area contributed by atoms with Crippen molar-refractivity contribution in [3.8, 4) is 0 Å². The fourth-order valence-corrected chi connectivity index (χ4v) is 1.31. The van der Waals surface area contributed by atoms with Crippen molar-refractivity contribution in [1.82, 2.24) is 15.1 Å². The zero-order chi connectivity index (χ0) is 14.1. The topological polar surface area (TPSA) is 107 Å². The number of nitrogens with one attached hydrogen (secondary N) is 1. The van der Waals surface area contributed by atoms with Crippen molar-refractivity contribution in [3.63, 3.8) is 0 Å². The normalized spacial score (nSPS) is 15.6. The van der Waals surface area contributed by atoms with Crippen molar-refractivity contribution in [3.05, 3.63) is 0 Å². The summed E-state index contributed by atoms with van der Waals surface area (Å²) in [6.45, 7) is 2.12. The van der Waals surface area contributed by atoms with Gasteiger partial charge in [-0.25, -0.2) is 9.59 Å². The third-order valence-corrected chi connectivity index (χ3v) is 2.97. The molecule has 100 valence electrons. The number of rotatable bonds is 4. The second kappa shape index (κ2) is 4.63. The molecule has 8 heteroatoms. The predicted molar refractivity (Wildman–Crippen MR) is 59.6 cm³/mol. The maximum atomic E-state index is 11.8. The van der Waals surface area contributed by atoms with Crippen LogP contribution in [0.25, 0.3) is 0 Å². The Hall–Kier alpha value is -2.12. The number of imide groups is 1. The number of amides is 4. The molecule has 1 aliphatic heterocycles. The molecule has 1 rings (SSSR count). The Morgan fingerprint density at radius 3 is 2.39 bits per heavy atom. The largest absolute Gasteiger partial charge is 0.480 e. The number of hydrogen-bond acceptors (Lipinski definition) is 4. The van der Waals surface area contributed by atoms with Crippen LogP contribution in [0, 0.1) is 0 Å². The Balaban J connectivity index is 2.74. The van der Waals surface area contributed by atoms with Gasteiger partial charge in [-0.15, -0.1) is 0 Å². The van der Waals surface area contributed by atoms with Crippen LogP contribution in [0.3, 0.4) is 0 Å². The number of carbonyl (C=O) groups is 4. The van der Waals surface area contributed by atoms with Crippen LogP contribution >= 0.6 is 0 Å². The lowest BCUT2D eigenvalue weighted by atomic mass is 10.0. The minimum absolute atomic E-state index is 0.141. The van der Waals surface area contributed by atoms with Crippen LogP contribution in [0.15, 0.2) is 0 Å². The zero-order valence-electron chi connectivity index (χ0n) is 10.4. The molecule has 0 radical (unpaired) electrons. The van der Waals surface area contributed by atoms with Crippen molar-refractivity contribution in [2.45, 2.75) is 19.4 Å². The quantitative estimate of drug-likeness (QED) is 0.619.